The van der Waals surface area contributed by atoms with Gasteiger partial charge in [0.1, 0.15) is 13.2 Å². The fourth-order valence-corrected chi connectivity index (χ4v) is 4.84. The van der Waals surface area contributed by atoms with Crippen molar-refractivity contribution in [2.75, 3.05) is 13.2 Å². The van der Waals surface area contributed by atoms with E-state index in [4.69, 9.17) is 9.47 Å². The Morgan fingerprint density at radius 1 is 0.727 bits per heavy atom. The van der Waals surface area contributed by atoms with Gasteiger partial charge in [-0.25, -0.2) is 9.59 Å². The van der Waals surface area contributed by atoms with Crippen LogP contribution in [0.4, 0.5) is 0 Å². The molecule has 0 saturated carbocycles. The monoisotopic (exact) mass is 598 g/mol. The predicted molar refractivity (Wildman–Crippen MR) is 176 cm³/mol. The Bertz CT molecular complexity index is 1380. The second-order valence-corrected chi connectivity index (χ2v) is 11.3. The summed E-state index contributed by atoms with van der Waals surface area (Å²) >= 11 is 0. The summed E-state index contributed by atoms with van der Waals surface area (Å²) in [6.45, 7) is 14.2. The largest absolute Gasteiger partial charge is 0.461 e. The van der Waals surface area contributed by atoms with Crippen molar-refractivity contribution in [3.63, 3.8) is 0 Å². The van der Waals surface area contributed by atoms with Crippen LogP contribution in [0.25, 0.3) is 22.3 Å². The van der Waals surface area contributed by atoms with Crippen LogP contribution >= 0.6 is 0 Å². The quantitative estimate of drug-likeness (QED) is 0.102. The van der Waals surface area contributed by atoms with Crippen LogP contribution in [0, 0.1) is 0 Å². The van der Waals surface area contributed by atoms with Gasteiger partial charge in [0, 0.05) is 0 Å². The van der Waals surface area contributed by atoms with Crippen LogP contribution in [-0.2, 0) is 31.9 Å². The van der Waals surface area contributed by atoms with Crippen LogP contribution < -0.4 is 0 Å². The van der Waals surface area contributed by atoms with Gasteiger partial charge in [-0.05, 0) is 72.1 Å². The number of esters is 2. The van der Waals surface area contributed by atoms with Gasteiger partial charge in [-0.3, -0.25) is 0 Å². The number of aliphatic hydroxyl groups excluding tert-OH is 2. The fraction of sp³-hybridized carbons (Fsp3) is 0.368. The molecule has 2 N–H and O–H groups in total. The van der Waals surface area contributed by atoms with Crippen molar-refractivity contribution < 1.29 is 29.3 Å². The summed E-state index contributed by atoms with van der Waals surface area (Å²) in [7, 11) is 0. The fourth-order valence-electron chi connectivity index (χ4n) is 4.84. The van der Waals surface area contributed by atoms with Crippen molar-refractivity contribution in [1.82, 2.24) is 0 Å². The molecule has 0 bridgehead atoms. The lowest BCUT2D eigenvalue weighted by molar-refractivity contribution is -0.143. The molecule has 3 aromatic carbocycles. The topological polar surface area (TPSA) is 93.1 Å². The van der Waals surface area contributed by atoms with Gasteiger partial charge in [0.2, 0.25) is 0 Å². The second kappa shape index (κ2) is 16.7. The van der Waals surface area contributed by atoms with E-state index in [0.29, 0.717) is 0 Å². The molecule has 0 spiro atoms. The van der Waals surface area contributed by atoms with E-state index in [2.05, 4.69) is 69.5 Å². The number of unbranched alkanes of at least 4 members (excludes halogenated alkanes) is 2. The number of aryl methyl sites for hydroxylation is 2. The molecule has 0 heterocycles. The van der Waals surface area contributed by atoms with Gasteiger partial charge < -0.3 is 19.7 Å². The first-order valence-electron chi connectivity index (χ1n) is 15.5. The third kappa shape index (κ3) is 9.50. The van der Waals surface area contributed by atoms with E-state index in [1.807, 2.05) is 24.3 Å². The predicted octanol–water partition coefficient (Wildman–Crippen LogP) is 7.36. The van der Waals surface area contributed by atoms with Gasteiger partial charge in [-0.15, -0.1) is 0 Å². The van der Waals surface area contributed by atoms with E-state index in [-0.39, 0.29) is 24.4 Å². The van der Waals surface area contributed by atoms with Crippen LogP contribution in [-0.4, -0.2) is 47.6 Å². The average Bonchev–Trinajstić information content (AvgIpc) is 3.03. The van der Waals surface area contributed by atoms with Gasteiger partial charge in [-0.1, -0.05) is 107 Å². The maximum atomic E-state index is 12.3. The Morgan fingerprint density at radius 3 is 1.75 bits per heavy atom. The average molecular weight is 599 g/mol. The number of rotatable bonds is 16. The van der Waals surface area contributed by atoms with Crippen LogP contribution in [0.2, 0.25) is 0 Å². The molecule has 0 aliphatic rings. The number of hydrogen-bond acceptors (Lipinski definition) is 6. The third-order valence-electron chi connectivity index (χ3n) is 7.90. The van der Waals surface area contributed by atoms with Crippen molar-refractivity contribution in [3.05, 3.63) is 108 Å². The first kappa shape index (κ1) is 34.5. The summed E-state index contributed by atoms with van der Waals surface area (Å²) in [4.78, 5) is 24.7. The Labute approximate surface area is 262 Å². The van der Waals surface area contributed by atoms with Crippen molar-refractivity contribution in [3.8, 4) is 22.3 Å². The zero-order valence-corrected chi connectivity index (χ0v) is 26.5. The standard InChI is InChI=1S/C38H46O6/c1-7-9-10-11-29-12-14-31(15-13-29)34-20-21-36(30(8-2)22-34)33-18-16-32(17-19-33)35(23-43-37(41)25(3)27(5)39)24-44-38(42)26(4)28(6)40/h12-22,27-28,35,39-40H,3-4,7-11,23-24H2,1-2,5-6H3. The zero-order valence-electron chi connectivity index (χ0n) is 26.5. The lowest BCUT2D eigenvalue weighted by Gasteiger charge is -2.20. The van der Waals surface area contributed by atoms with Crippen molar-refractivity contribution in [2.45, 2.75) is 77.9 Å². The molecule has 0 radical (unpaired) electrons. The van der Waals surface area contributed by atoms with Gasteiger partial charge in [0.05, 0.1) is 29.3 Å². The molecule has 0 aliphatic heterocycles. The van der Waals surface area contributed by atoms with E-state index < -0.39 is 30.1 Å². The molecular weight excluding hydrogens is 552 g/mol. The van der Waals surface area contributed by atoms with Crippen LogP contribution in [0.3, 0.4) is 0 Å². The molecule has 234 valence electrons. The highest BCUT2D eigenvalue weighted by Gasteiger charge is 2.22. The molecule has 2 unspecified atom stereocenters. The van der Waals surface area contributed by atoms with Crippen LogP contribution in [0.15, 0.2) is 91.0 Å². The minimum Gasteiger partial charge on any atom is -0.461 e. The maximum absolute atomic E-state index is 12.3. The van der Waals surface area contributed by atoms with Gasteiger partial charge >= 0.3 is 11.9 Å². The molecule has 6 heteroatoms. The molecule has 0 amide bonds. The number of carbonyl (C=O) groups excluding carboxylic acids is 2. The molecule has 2 atom stereocenters. The number of carbonyl (C=O) groups is 2. The van der Waals surface area contributed by atoms with Crippen LogP contribution in [0.1, 0.15) is 69.6 Å². The minimum atomic E-state index is -1.04. The number of hydrogen-bond donors (Lipinski definition) is 2. The minimum absolute atomic E-state index is 0.0583. The SMILES string of the molecule is C=C(C(=O)OCC(COC(=O)C(=C)C(C)O)c1ccc(-c2ccc(-c3ccc(CCCCC)cc3)cc2CC)cc1)C(C)O. The van der Waals surface area contributed by atoms with E-state index in [0.717, 1.165) is 29.5 Å². The number of ether oxygens (including phenoxy) is 2. The highest BCUT2D eigenvalue weighted by atomic mass is 16.5. The first-order valence-corrected chi connectivity index (χ1v) is 15.5. The van der Waals surface area contributed by atoms with Gasteiger partial charge in [-0.2, -0.15) is 0 Å². The molecule has 0 aliphatic carbocycles. The summed E-state index contributed by atoms with van der Waals surface area (Å²) in [6, 6.07) is 23.3. The molecule has 3 aromatic rings. The number of benzene rings is 3. The molecular formula is C38H46O6. The number of aliphatic hydroxyl groups is 2. The normalized spacial score (nSPS) is 13.0. The molecule has 0 saturated heterocycles. The van der Waals surface area contributed by atoms with E-state index in [1.165, 1.54) is 55.4 Å². The summed E-state index contributed by atoms with van der Waals surface area (Å²) in [5, 5.41) is 19.3. The van der Waals surface area contributed by atoms with Gasteiger partial charge in [0.25, 0.3) is 0 Å². The molecule has 0 fully saturated rings. The van der Waals surface area contributed by atoms with E-state index in [1.54, 1.807) is 0 Å². The Morgan fingerprint density at radius 2 is 1.25 bits per heavy atom. The van der Waals surface area contributed by atoms with E-state index in [9.17, 15) is 19.8 Å². The smallest absolute Gasteiger partial charge is 0.336 e. The Kier molecular flexibility index (Phi) is 13.1. The highest BCUT2D eigenvalue weighted by Crippen LogP contribution is 2.31. The summed E-state index contributed by atoms with van der Waals surface area (Å²) in [5.41, 5.74) is 7.85. The molecule has 3 rings (SSSR count). The molecule has 0 aromatic heterocycles. The first-order chi connectivity index (χ1) is 21.0. The lowest BCUT2D eigenvalue weighted by atomic mass is 9.91. The van der Waals surface area contributed by atoms with E-state index >= 15 is 0 Å². The van der Waals surface area contributed by atoms with Crippen molar-refractivity contribution >= 4 is 11.9 Å². The third-order valence-corrected chi connectivity index (χ3v) is 7.90. The zero-order chi connectivity index (χ0) is 32.2. The lowest BCUT2D eigenvalue weighted by Crippen LogP contribution is -2.24. The highest BCUT2D eigenvalue weighted by molar-refractivity contribution is 5.89. The van der Waals surface area contributed by atoms with Crippen molar-refractivity contribution in [2.24, 2.45) is 0 Å². The summed E-state index contributed by atoms with van der Waals surface area (Å²) in [6.07, 6.45) is 3.60. The maximum Gasteiger partial charge on any atom is 0.336 e. The molecule has 44 heavy (non-hydrogen) atoms. The Hall–Kier alpha value is -4.00. The Balaban J connectivity index is 1.80. The van der Waals surface area contributed by atoms with Gasteiger partial charge in [0.15, 0.2) is 0 Å². The molecule has 6 nitrogen and oxygen atoms in total. The second-order valence-electron chi connectivity index (χ2n) is 11.3. The van der Waals surface area contributed by atoms with Crippen molar-refractivity contribution in [1.29, 1.82) is 0 Å². The van der Waals surface area contributed by atoms with Crippen LogP contribution in [0.5, 0.6) is 0 Å². The summed E-state index contributed by atoms with van der Waals surface area (Å²) < 4.78 is 10.8. The summed E-state index contributed by atoms with van der Waals surface area (Å²) in [5.74, 6) is -1.93.